The fourth-order valence-corrected chi connectivity index (χ4v) is 10.5. The molecule has 4 heteroatoms. The number of hydrogen-bond acceptors (Lipinski definition) is 2. The summed E-state index contributed by atoms with van der Waals surface area (Å²) in [5.41, 5.74) is 14.5. The third kappa shape index (κ3) is 5.87. The summed E-state index contributed by atoms with van der Waals surface area (Å²) in [6.45, 7) is 6.16. The molecule has 0 spiro atoms. The van der Waals surface area contributed by atoms with Crippen molar-refractivity contribution < 1.29 is 0 Å². The molecule has 7 aromatic carbocycles. The van der Waals surface area contributed by atoms with E-state index in [1.807, 2.05) is 23.5 Å². The van der Waals surface area contributed by atoms with E-state index >= 15 is 0 Å². The van der Waals surface area contributed by atoms with Gasteiger partial charge in [0.1, 0.15) is 0 Å². The topological polar surface area (TPSA) is 21.9 Å². The molecule has 0 saturated carbocycles. The Morgan fingerprint density at radius 3 is 2.24 bits per heavy atom. The van der Waals surface area contributed by atoms with E-state index in [2.05, 4.69) is 210 Å². The van der Waals surface area contributed by atoms with Gasteiger partial charge in [0.05, 0.1) is 16.6 Å². The van der Waals surface area contributed by atoms with Crippen molar-refractivity contribution in [3.8, 4) is 22.5 Å². The molecule has 0 aliphatic heterocycles. The second kappa shape index (κ2) is 14.4. The molecule has 59 heavy (non-hydrogen) atoms. The molecule has 0 saturated heterocycles. The summed E-state index contributed by atoms with van der Waals surface area (Å²) in [5, 5.41) is 10.3. The Bertz CT molecular complexity index is 3370. The van der Waals surface area contributed by atoms with Crippen molar-refractivity contribution in [2.45, 2.75) is 19.4 Å². The SMILES string of the molecule is C=C/C=C\c1c(C)c2ccccc2n1-c1cccc(-n2c3ccccc3c3c4sc5ccc(C6=CC=CC(Nc7ccccc7-c7ccccc7)C6)cc5c4ccc32)c1. The van der Waals surface area contributed by atoms with Crippen LogP contribution in [0.2, 0.25) is 0 Å². The summed E-state index contributed by atoms with van der Waals surface area (Å²) < 4.78 is 7.47. The highest BCUT2D eigenvalue weighted by Crippen LogP contribution is 2.44. The molecular weight excluding hydrogens is 735 g/mol. The van der Waals surface area contributed by atoms with Crippen molar-refractivity contribution >= 4 is 81.6 Å². The van der Waals surface area contributed by atoms with Crippen LogP contribution in [0.5, 0.6) is 0 Å². The lowest BCUT2D eigenvalue weighted by molar-refractivity contribution is 0.897. The minimum atomic E-state index is 0.189. The molecule has 0 amide bonds. The number of anilines is 1. The molecule has 1 atom stereocenters. The Hall–Kier alpha value is -7.14. The van der Waals surface area contributed by atoms with Gasteiger partial charge in [-0.3, -0.25) is 0 Å². The molecule has 10 aromatic rings. The maximum Gasteiger partial charge on any atom is 0.0555 e. The number of rotatable bonds is 8. The molecule has 0 radical (unpaired) electrons. The largest absolute Gasteiger partial charge is 0.378 e. The number of thiophene rings is 1. The summed E-state index contributed by atoms with van der Waals surface area (Å²) in [4.78, 5) is 0. The molecule has 1 N–H and O–H groups in total. The number of fused-ring (bicyclic) bond motifs is 8. The average Bonchev–Trinajstić information content (AvgIpc) is 3.93. The van der Waals surface area contributed by atoms with Crippen molar-refractivity contribution in [1.82, 2.24) is 9.13 Å². The summed E-state index contributed by atoms with van der Waals surface area (Å²) in [6.07, 6.45) is 13.7. The van der Waals surface area contributed by atoms with Gasteiger partial charge in [-0.25, -0.2) is 0 Å². The van der Waals surface area contributed by atoms with E-state index in [0.29, 0.717) is 0 Å². The molecule has 11 rings (SSSR count). The number of allylic oxidation sites excluding steroid dienone is 4. The fourth-order valence-electron chi connectivity index (χ4n) is 9.26. The average molecular weight is 776 g/mol. The van der Waals surface area contributed by atoms with E-state index in [1.165, 1.54) is 80.7 Å². The second-order valence-electron chi connectivity index (χ2n) is 15.4. The summed E-state index contributed by atoms with van der Waals surface area (Å²) in [5.74, 6) is 0. The first-order valence-electron chi connectivity index (χ1n) is 20.3. The number of aromatic nitrogens is 2. The Morgan fingerprint density at radius 2 is 1.39 bits per heavy atom. The monoisotopic (exact) mass is 775 g/mol. The van der Waals surface area contributed by atoms with Crippen molar-refractivity contribution in [3.05, 3.63) is 212 Å². The van der Waals surface area contributed by atoms with E-state index < -0.39 is 0 Å². The normalized spacial score (nSPS) is 14.3. The van der Waals surface area contributed by atoms with E-state index in [0.717, 1.165) is 29.2 Å². The van der Waals surface area contributed by atoms with Crippen molar-refractivity contribution in [3.63, 3.8) is 0 Å². The number of benzene rings is 7. The lowest BCUT2D eigenvalue weighted by atomic mass is 9.92. The number of hydrogen-bond donors (Lipinski definition) is 1. The minimum absolute atomic E-state index is 0.189. The first-order chi connectivity index (χ1) is 29.1. The van der Waals surface area contributed by atoms with E-state index in [1.54, 1.807) is 0 Å². The van der Waals surface area contributed by atoms with Crippen molar-refractivity contribution in [1.29, 1.82) is 0 Å². The van der Waals surface area contributed by atoms with Gasteiger partial charge in [0, 0.05) is 70.7 Å². The van der Waals surface area contributed by atoms with Gasteiger partial charge in [-0.05, 0) is 96.3 Å². The highest BCUT2D eigenvalue weighted by atomic mass is 32.1. The van der Waals surface area contributed by atoms with Crippen molar-refractivity contribution in [2.24, 2.45) is 0 Å². The van der Waals surface area contributed by atoms with Crippen LogP contribution in [0.3, 0.4) is 0 Å². The quantitative estimate of drug-likeness (QED) is 0.153. The molecule has 3 aromatic heterocycles. The number of para-hydroxylation sites is 3. The molecule has 3 nitrogen and oxygen atoms in total. The zero-order valence-electron chi connectivity index (χ0n) is 32.8. The second-order valence-corrected chi connectivity index (χ2v) is 16.5. The van der Waals surface area contributed by atoms with E-state index in [4.69, 9.17) is 0 Å². The minimum Gasteiger partial charge on any atom is -0.378 e. The number of aryl methyl sites for hydroxylation is 1. The van der Waals surface area contributed by atoms with Crippen LogP contribution in [0.25, 0.3) is 87.0 Å². The van der Waals surface area contributed by atoms with Gasteiger partial charge in [0.15, 0.2) is 0 Å². The molecule has 1 aliphatic rings. The highest BCUT2D eigenvalue weighted by molar-refractivity contribution is 7.26. The van der Waals surface area contributed by atoms with Crippen LogP contribution in [-0.4, -0.2) is 15.2 Å². The van der Waals surface area contributed by atoms with Gasteiger partial charge in [-0.15, -0.1) is 11.3 Å². The molecule has 1 unspecified atom stereocenters. The van der Waals surface area contributed by atoms with Gasteiger partial charge in [0.25, 0.3) is 0 Å². The Kier molecular flexibility index (Phi) is 8.53. The lowest BCUT2D eigenvalue weighted by Crippen LogP contribution is -2.19. The molecule has 1 aliphatic carbocycles. The van der Waals surface area contributed by atoms with Gasteiger partial charge in [-0.1, -0.05) is 140 Å². The van der Waals surface area contributed by atoms with Gasteiger partial charge in [-0.2, -0.15) is 0 Å². The van der Waals surface area contributed by atoms with Gasteiger partial charge in [0.2, 0.25) is 0 Å². The molecular formula is C55H41N3S. The zero-order chi connectivity index (χ0) is 39.5. The van der Waals surface area contributed by atoms with Crippen LogP contribution in [0, 0.1) is 6.92 Å². The van der Waals surface area contributed by atoms with Crippen LogP contribution in [0.15, 0.2) is 195 Å². The van der Waals surface area contributed by atoms with E-state index in [9.17, 15) is 0 Å². The Balaban J connectivity index is 0.988. The number of nitrogens with one attached hydrogen (secondary N) is 1. The molecule has 282 valence electrons. The van der Waals surface area contributed by atoms with Crippen molar-refractivity contribution in [2.75, 3.05) is 5.32 Å². The molecule has 0 bridgehead atoms. The first-order valence-corrected chi connectivity index (χ1v) is 21.1. The zero-order valence-corrected chi connectivity index (χ0v) is 33.6. The smallest absolute Gasteiger partial charge is 0.0555 e. The lowest BCUT2D eigenvalue weighted by Gasteiger charge is -2.23. The molecule has 0 fully saturated rings. The van der Waals surface area contributed by atoms with E-state index in [-0.39, 0.29) is 6.04 Å². The maximum absolute atomic E-state index is 3.95. The van der Waals surface area contributed by atoms with Crippen LogP contribution < -0.4 is 5.32 Å². The van der Waals surface area contributed by atoms with Crippen LogP contribution in [0.1, 0.15) is 23.2 Å². The van der Waals surface area contributed by atoms with Crippen LogP contribution in [-0.2, 0) is 0 Å². The Morgan fingerprint density at radius 1 is 0.644 bits per heavy atom. The third-order valence-electron chi connectivity index (χ3n) is 12.0. The molecule has 3 heterocycles. The third-order valence-corrected chi connectivity index (χ3v) is 13.2. The summed E-state index contributed by atoms with van der Waals surface area (Å²) in [6, 6.07) is 57.7. The van der Waals surface area contributed by atoms with Crippen LogP contribution in [0.4, 0.5) is 5.69 Å². The summed E-state index contributed by atoms with van der Waals surface area (Å²) >= 11 is 1.91. The predicted molar refractivity (Wildman–Crippen MR) is 255 cm³/mol. The number of nitrogens with zero attached hydrogens (tertiary/aromatic N) is 2. The van der Waals surface area contributed by atoms with Crippen LogP contribution >= 0.6 is 11.3 Å². The first kappa shape index (κ1) is 35.1. The van der Waals surface area contributed by atoms with Gasteiger partial charge < -0.3 is 14.5 Å². The predicted octanol–water partition coefficient (Wildman–Crippen LogP) is 15.1. The maximum atomic E-state index is 3.95. The Labute approximate surface area is 347 Å². The van der Waals surface area contributed by atoms with Gasteiger partial charge >= 0.3 is 0 Å². The highest BCUT2D eigenvalue weighted by Gasteiger charge is 2.21. The standard InChI is InChI=1S/C55H41N3S/c1-3-4-26-49-36(2)43-22-9-12-27-50(43)57(49)41-20-15-21-42(35-41)58-51-28-13-10-24-46(51)54-52(58)31-30-45-47-34-39(29-32-53(47)59-55(45)54)38-18-14-19-40(33-38)56-48-25-11-8-23-44(48)37-16-6-5-7-17-37/h3-32,34-35,40,56H,1,33H2,2H3/b26-4-. The summed E-state index contributed by atoms with van der Waals surface area (Å²) in [7, 11) is 0. The fraction of sp³-hybridized carbons (Fsp3) is 0.0545.